The lowest BCUT2D eigenvalue weighted by Gasteiger charge is -2.11. The van der Waals surface area contributed by atoms with E-state index in [1.54, 1.807) is 25.1 Å². The predicted octanol–water partition coefficient (Wildman–Crippen LogP) is 3.74. The minimum absolute atomic E-state index is 0.231. The van der Waals surface area contributed by atoms with Crippen LogP contribution in [0.25, 0.3) is 0 Å². The van der Waals surface area contributed by atoms with E-state index in [1.165, 1.54) is 6.07 Å². The highest BCUT2D eigenvalue weighted by molar-refractivity contribution is 6.05. The minimum Gasteiger partial charge on any atom is -0.388 e. The zero-order valence-corrected chi connectivity index (χ0v) is 11.8. The van der Waals surface area contributed by atoms with Gasteiger partial charge in [-0.1, -0.05) is 12.1 Å². The average Bonchev–Trinajstić information content (AvgIpc) is 2.42. The number of anilines is 2. The molecule has 0 spiro atoms. The molecule has 0 bridgehead atoms. The van der Waals surface area contributed by atoms with Crippen molar-refractivity contribution < 1.29 is 9.18 Å². The van der Waals surface area contributed by atoms with Crippen LogP contribution in [0.1, 0.15) is 21.5 Å². The lowest BCUT2D eigenvalue weighted by molar-refractivity contribution is 0.102. The maximum Gasteiger partial charge on any atom is 0.256 e. The second kappa shape index (κ2) is 5.74. The van der Waals surface area contributed by atoms with Crippen molar-refractivity contribution in [2.75, 3.05) is 17.7 Å². The van der Waals surface area contributed by atoms with Crippen molar-refractivity contribution in [2.45, 2.75) is 13.8 Å². The van der Waals surface area contributed by atoms with Gasteiger partial charge < -0.3 is 10.6 Å². The van der Waals surface area contributed by atoms with E-state index in [0.717, 1.165) is 11.3 Å². The first-order chi connectivity index (χ1) is 9.52. The van der Waals surface area contributed by atoms with Crippen molar-refractivity contribution in [3.8, 4) is 0 Å². The molecule has 2 aromatic carbocycles. The highest BCUT2D eigenvalue weighted by Gasteiger charge is 2.13. The van der Waals surface area contributed by atoms with Crippen molar-refractivity contribution in [3.05, 3.63) is 58.9 Å². The van der Waals surface area contributed by atoms with E-state index >= 15 is 0 Å². The van der Waals surface area contributed by atoms with Gasteiger partial charge in [0, 0.05) is 18.3 Å². The zero-order valence-electron chi connectivity index (χ0n) is 11.8. The van der Waals surface area contributed by atoms with Crippen LogP contribution in [0, 0.1) is 19.7 Å². The first kappa shape index (κ1) is 14.1. The number of hydrogen-bond acceptors (Lipinski definition) is 2. The Hall–Kier alpha value is -2.36. The molecule has 20 heavy (non-hydrogen) atoms. The van der Waals surface area contributed by atoms with Crippen LogP contribution < -0.4 is 10.6 Å². The van der Waals surface area contributed by atoms with E-state index in [1.807, 2.05) is 26.1 Å². The molecule has 2 rings (SSSR count). The van der Waals surface area contributed by atoms with E-state index < -0.39 is 5.82 Å². The van der Waals surface area contributed by atoms with Crippen molar-refractivity contribution in [3.63, 3.8) is 0 Å². The molecule has 0 heterocycles. The molecule has 1 amide bonds. The van der Waals surface area contributed by atoms with Gasteiger partial charge in [-0.2, -0.15) is 0 Å². The van der Waals surface area contributed by atoms with Gasteiger partial charge in [0.2, 0.25) is 0 Å². The Kier molecular flexibility index (Phi) is 4.03. The van der Waals surface area contributed by atoms with E-state index in [4.69, 9.17) is 0 Å². The molecule has 2 aromatic rings. The number of hydrogen-bond donors (Lipinski definition) is 2. The molecule has 0 aliphatic carbocycles. The Balaban J connectivity index is 2.29. The molecule has 0 aromatic heterocycles. The fourth-order valence-electron chi connectivity index (χ4n) is 2.05. The standard InChI is InChI=1S/C16H17FN2O/c1-10-5-4-6-14(17)15(10)19-16(20)13-8-7-12(18-3)9-11(13)2/h4-9,18H,1-3H3,(H,19,20). The molecule has 0 fully saturated rings. The Morgan fingerprint density at radius 2 is 1.85 bits per heavy atom. The van der Waals surface area contributed by atoms with Crippen LogP contribution in [0.5, 0.6) is 0 Å². The van der Waals surface area contributed by atoms with Crippen molar-refractivity contribution in [1.82, 2.24) is 0 Å². The quantitative estimate of drug-likeness (QED) is 0.893. The Labute approximate surface area is 117 Å². The third-order valence-corrected chi connectivity index (χ3v) is 3.22. The molecule has 0 atom stereocenters. The molecular weight excluding hydrogens is 255 g/mol. The van der Waals surface area contributed by atoms with E-state index in [0.29, 0.717) is 11.1 Å². The number of carbonyl (C=O) groups is 1. The summed E-state index contributed by atoms with van der Waals surface area (Å²) in [5.41, 5.74) is 3.23. The molecule has 0 saturated carbocycles. The topological polar surface area (TPSA) is 41.1 Å². The molecular formula is C16H17FN2O. The molecule has 2 N–H and O–H groups in total. The molecule has 104 valence electrons. The van der Waals surface area contributed by atoms with Crippen LogP contribution in [0.4, 0.5) is 15.8 Å². The van der Waals surface area contributed by atoms with Gasteiger partial charge in [0.15, 0.2) is 0 Å². The van der Waals surface area contributed by atoms with Gasteiger partial charge in [0.25, 0.3) is 5.91 Å². The van der Waals surface area contributed by atoms with E-state index in [2.05, 4.69) is 10.6 Å². The van der Waals surface area contributed by atoms with Gasteiger partial charge >= 0.3 is 0 Å². The fourth-order valence-corrected chi connectivity index (χ4v) is 2.05. The highest BCUT2D eigenvalue weighted by Crippen LogP contribution is 2.21. The summed E-state index contributed by atoms with van der Waals surface area (Å²) in [7, 11) is 1.82. The van der Waals surface area contributed by atoms with Crippen LogP contribution in [-0.2, 0) is 0 Å². The number of amides is 1. The van der Waals surface area contributed by atoms with Crippen molar-refractivity contribution in [2.24, 2.45) is 0 Å². The predicted molar refractivity (Wildman–Crippen MR) is 79.8 cm³/mol. The third kappa shape index (κ3) is 2.79. The number of benzene rings is 2. The van der Waals surface area contributed by atoms with Crippen molar-refractivity contribution in [1.29, 1.82) is 0 Å². The summed E-state index contributed by atoms with van der Waals surface area (Å²) < 4.78 is 13.7. The maximum atomic E-state index is 13.7. The summed E-state index contributed by atoms with van der Waals surface area (Å²) >= 11 is 0. The second-order valence-electron chi connectivity index (χ2n) is 4.67. The summed E-state index contributed by atoms with van der Waals surface area (Å²) in [5, 5.41) is 5.65. The largest absolute Gasteiger partial charge is 0.388 e. The molecule has 0 saturated heterocycles. The summed E-state index contributed by atoms with van der Waals surface area (Å²) in [5.74, 6) is -0.735. The smallest absolute Gasteiger partial charge is 0.256 e. The SMILES string of the molecule is CNc1ccc(C(=O)Nc2c(C)cccc2F)c(C)c1. The van der Waals surface area contributed by atoms with Crippen LogP contribution in [0.3, 0.4) is 0 Å². The number of halogens is 1. The van der Waals surface area contributed by atoms with Crippen LogP contribution in [0.15, 0.2) is 36.4 Å². The number of nitrogens with one attached hydrogen (secondary N) is 2. The number of rotatable bonds is 3. The molecule has 0 radical (unpaired) electrons. The molecule has 0 aliphatic heterocycles. The van der Waals surface area contributed by atoms with Crippen LogP contribution in [-0.4, -0.2) is 13.0 Å². The van der Waals surface area contributed by atoms with Crippen LogP contribution >= 0.6 is 0 Å². The highest BCUT2D eigenvalue weighted by atomic mass is 19.1. The molecule has 3 nitrogen and oxygen atoms in total. The first-order valence-electron chi connectivity index (χ1n) is 6.38. The fraction of sp³-hybridized carbons (Fsp3) is 0.188. The summed E-state index contributed by atoms with van der Waals surface area (Å²) in [6.07, 6.45) is 0. The van der Waals surface area contributed by atoms with Gasteiger partial charge in [-0.15, -0.1) is 0 Å². The minimum atomic E-state index is -0.428. The average molecular weight is 272 g/mol. The summed E-state index contributed by atoms with van der Waals surface area (Å²) in [4.78, 5) is 12.2. The Bertz CT molecular complexity index is 633. The third-order valence-electron chi connectivity index (χ3n) is 3.22. The van der Waals surface area contributed by atoms with Gasteiger partial charge in [0.1, 0.15) is 5.82 Å². The number of para-hydroxylation sites is 1. The lowest BCUT2D eigenvalue weighted by atomic mass is 10.1. The summed E-state index contributed by atoms with van der Waals surface area (Å²) in [6.45, 7) is 3.61. The Morgan fingerprint density at radius 3 is 2.45 bits per heavy atom. The van der Waals surface area contributed by atoms with E-state index in [-0.39, 0.29) is 11.6 Å². The lowest BCUT2D eigenvalue weighted by Crippen LogP contribution is -2.15. The maximum absolute atomic E-state index is 13.7. The summed E-state index contributed by atoms with van der Waals surface area (Å²) in [6, 6.07) is 10.1. The molecule has 4 heteroatoms. The number of carbonyl (C=O) groups excluding carboxylic acids is 1. The van der Waals surface area contributed by atoms with E-state index in [9.17, 15) is 9.18 Å². The Morgan fingerprint density at radius 1 is 1.10 bits per heavy atom. The first-order valence-corrected chi connectivity index (χ1v) is 6.38. The number of aryl methyl sites for hydroxylation is 2. The molecule has 0 aliphatic rings. The van der Waals surface area contributed by atoms with Crippen LogP contribution in [0.2, 0.25) is 0 Å². The molecule has 0 unspecified atom stereocenters. The van der Waals surface area contributed by atoms with Gasteiger partial charge in [-0.3, -0.25) is 4.79 Å². The monoisotopic (exact) mass is 272 g/mol. The zero-order chi connectivity index (χ0) is 14.7. The van der Waals surface area contributed by atoms with Gasteiger partial charge in [-0.05, 0) is 49.2 Å². The van der Waals surface area contributed by atoms with Gasteiger partial charge in [0.05, 0.1) is 5.69 Å². The van der Waals surface area contributed by atoms with Gasteiger partial charge in [-0.25, -0.2) is 4.39 Å². The second-order valence-corrected chi connectivity index (χ2v) is 4.67. The van der Waals surface area contributed by atoms with Crippen molar-refractivity contribution >= 4 is 17.3 Å². The normalized spacial score (nSPS) is 10.2.